The van der Waals surface area contributed by atoms with Crippen molar-refractivity contribution in [2.75, 3.05) is 0 Å². The van der Waals surface area contributed by atoms with Gasteiger partial charge in [-0.15, -0.1) is 10.2 Å². The SMILES string of the molecule is CC(C)(C)c1nc2ccc(Cl)cn2c1N=Nc1cccc(Cl)c1. The number of benzene rings is 1. The Balaban J connectivity index is 2.16. The maximum absolute atomic E-state index is 6.11. The van der Waals surface area contributed by atoms with Crippen molar-refractivity contribution in [3.8, 4) is 0 Å². The van der Waals surface area contributed by atoms with Crippen molar-refractivity contribution in [1.29, 1.82) is 0 Å². The Morgan fingerprint density at radius 1 is 1.00 bits per heavy atom. The number of hydrogen-bond acceptors (Lipinski definition) is 3. The fourth-order valence-corrected chi connectivity index (χ4v) is 2.59. The molecule has 2 heterocycles. The van der Waals surface area contributed by atoms with Crippen LogP contribution in [0.3, 0.4) is 0 Å². The summed E-state index contributed by atoms with van der Waals surface area (Å²) in [6.45, 7) is 6.28. The molecule has 4 nitrogen and oxygen atoms in total. The molecule has 0 N–H and O–H groups in total. The van der Waals surface area contributed by atoms with Gasteiger partial charge in [-0.3, -0.25) is 4.40 Å². The van der Waals surface area contributed by atoms with Gasteiger partial charge in [0.05, 0.1) is 16.4 Å². The summed E-state index contributed by atoms with van der Waals surface area (Å²) in [5.41, 5.74) is 2.18. The molecule has 0 amide bonds. The molecule has 2 aromatic heterocycles. The monoisotopic (exact) mass is 346 g/mol. The number of nitrogens with zero attached hydrogens (tertiary/aromatic N) is 4. The second kappa shape index (κ2) is 5.95. The minimum atomic E-state index is -0.165. The van der Waals surface area contributed by atoms with E-state index in [2.05, 4.69) is 36.0 Å². The first-order valence-corrected chi connectivity index (χ1v) is 7.95. The Bertz CT molecular complexity index is 891. The van der Waals surface area contributed by atoms with Gasteiger partial charge < -0.3 is 0 Å². The Kier molecular flexibility index (Phi) is 4.13. The summed E-state index contributed by atoms with van der Waals surface area (Å²) in [6, 6.07) is 10.9. The second-order valence-corrected chi connectivity index (χ2v) is 7.16. The third-order valence-electron chi connectivity index (χ3n) is 3.34. The van der Waals surface area contributed by atoms with E-state index in [4.69, 9.17) is 23.2 Å². The summed E-state index contributed by atoms with van der Waals surface area (Å²) in [7, 11) is 0. The molecule has 0 aliphatic rings. The summed E-state index contributed by atoms with van der Waals surface area (Å²) in [6.07, 6.45) is 1.80. The number of rotatable bonds is 2. The smallest absolute Gasteiger partial charge is 0.183 e. The van der Waals surface area contributed by atoms with Crippen LogP contribution in [0, 0.1) is 0 Å². The largest absolute Gasteiger partial charge is 0.281 e. The molecule has 0 fully saturated rings. The Morgan fingerprint density at radius 2 is 1.78 bits per heavy atom. The van der Waals surface area contributed by atoms with Crippen LogP contribution in [0.2, 0.25) is 10.0 Å². The van der Waals surface area contributed by atoms with Gasteiger partial charge >= 0.3 is 0 Å². The zero-order valence-electron chi connectivity index (χ0n) is 13.1. The maximum atomic E-state index is 6.11. The van der Waals surface area contributed by atoms with E-state index in [-0.39, 0.29) is 5.41 Å². The van der Waals surface area contributed by atoms with Crippen molar-refractivity contribution < 1.29 is 0 Å². The standard InChI is InChI=1S/C17H16Cl2N4/c1-17(2,3)15-16(22-21-13-6-4-5-11(18)9-13)23-10-12(19)7-8-14(23)20-15/h4-10H,1-3H3. The molecule has 0 radical (unpaired) electrons. The van der Waals surface area contributed by atoms with E-state index in [9.17, 15) is 0 Å². The molecule has 0 spiro atoms. The highest BCUT2D eigenvalue weighted by Gasteiger charge is 2.24. The molecule has 6 heteroatoms. The first-order chi connectivity index (χ1) is 10.8. The third kappa shape index (κ3) is 3.38. The van der Waals surface area contributed by atoms with E-state index in [1.165, 1.54) is 0 Å². The van der Waals surface area contributed by atoms with E-state index < -0.39 is 0 Å². The van der Waals surface area contributed by atoms with Gasteiger partial charge in [0.25, 0.3) is 0 Å². The van der Waals surface area contributed by atoms with Gasteiger partial charge in [-0.05, 0) is 30.3 Å². The van der Waals surface area contributed by atoms with Crippen LogP contribution in [0.5, 0.6) is 0 Å². The molecule has 0 unspecified atom stereocenters. The number of pyridine rings is 1. The predicted octanol–water partition coefficient (Wildman–Crippen LogP) is 6.35. The highest BCUT2D eigenvalue weighted by atomic mass is 35.5. The van der Waals surface area contributed by atoms with Gasteiger partial charge in [0.2, 0.25) is 0 Å². The Labute approximate surface area is 144 Å². The summed E-state index contributed by atoms with van der Waals surface area (Å²) >= 11 is 12.1. The topological polar surface area (TPSA) is 42.0 Å². The minimum absolute atomic E-state index is 0.165. The molecular formula is C17H16Cl2N4. The van der Waals surface area contributed by atoms with Crippen LogP contribution in [0.1, 0.15) is 26.5 Å². The number of aromatic nitrogens is 2. The predicted molar refractivity (Wildman–Crippen MR) is 94.5 cm³/mol. The van der Waals surface area contributed by atoms with Crippen molar-refractivity contribution in [1.82, 2.24) is 9.38 Å². The van der Waals surface area contributed by atoms with Gasteiger partial charge in [0, 0.05) is 16.6 Å². The van der Waals surface area contributed by atoms with Crippen LogP contribution in [0.4, 0.5) is 11.5 Å². The molecule has 0 saturated heterocycles. The van der Waals surface area contributed by atoms with E-state index in [1.54, 1.807) is 18.3 Å². The molecule has 118 valence electrons. The highest BCUT2D eigenvalue weighted by molar-refractivity contribution is 6.31. The maximum Gasteiger partial charge on any atom is 0.183 e. The summed E-state index contributed by atoms with van der Waals surface area (Å²) in [5, 5.41) is 9.97. The molecule has 0 atom stereocenters. The number of fused-ring (bicyclic) bond motifs is 1. The minimum Gasteiger partial charge on any atom is -0.281 e. The molecule has 0 bridgehead atoms. The second-order valence-electron chi connectivity index (χ2n) is 6.29. The van der Waals surface area contributed by atoms with Gasteiger partial charge in [0.15, 0.2) is 5.82 Å². The van der Waals surface area contributed by atoms with Gasteiger partial charge in [0.1, 0.15) is 5.65 Å². The van der Waals surface area contributed by atoms with Crippen molar-refractivity contribution in [3.05, 3.63) is 58.3 Å². The zero-order valence-corrected chi connectivity index (χ0v) is 14.6. The lowest BCUT2D eigenvalue weighted by atomic mass is 9.92. The van der Waals surface area contributed by atoms with Crippen LogP contribution in [-0.4, -0.2) is 9.38 Å². The molecular weight excluding hydrogens is 331 g/mol. The van der Waals surface area contributed by atoms with E-state index in [1.807, 2.05) is 28.7 Å². The Morgan fingerprint density at radius 3 is 2.48 bits per heavy atom. The number of imidazole rings is 1. The van der Waals surface area contributed by atoms with E-state index in [0.29, 0.717) is 21.6 Å². The molecule has 0 aliphatic heterocycles. The number of hydrogen-bond donors (Lipinski definition) is 0. The van der Waals surface area contributed by atoms with Crippen molar-refractivity contribution in [3.63, 3.8) is 0 Å². The van der Waals surface area contributed by atoms with Gasteiger partial charge in [-0.25, -0.2) is 4.98 Å². The molecule has 23 heavy (non-hydrogen) atoms. The first-order valence-electron chi connectivity index (χ1n) is 7.20. The average molecular weight is 347 g/mol. The Hall–Kier alpha value is -1.91. The number of halogens is 2. The normalized spacial score (nSPS) is 12.4. The van der Waals surface area contributed by atoms with E-state index >= 15 is 0 Å². The average Bonchev–Trinajstić information content (AvgIpc) is 2.83. The van der Waals surface area contributed by atoms with Crippen molar-refractivity contribution in [2.24, 2.45) is 10.2 Å². The summed E-state index contributed by atoms with van der Waals surface area (Å²) < 4.78 is 1.86. The van der Waals surface area contributed by atoms with Crippen LogP contribution < -0.4 is 0 Å². The molecule has 0 aliphatic carbocycles. The van der Waals surface area contributed by atoms with Crippen molar-refractivity contribution >= 4 is 40.4 Å². The lowest BCUT2D eigenvalue weighted by molar-refractivity contribution is 0.574. The lowest BCUT2D eigenvalue weighted by Gasteiger charge is -2.15. The summed E-state index contributed by atoms with van der Waals surface area (Å²) in [5.74, 6) is 0.676. The molecule has 0 saturated carbocycles. The van der Waals surface area contributed by atoms with Crippen LogP contribution in [0.15, 0.2) is 52.8 Å². The quantitative estimate of drug-likeness (QED) is 0.498. The van der Waals surface area contributed by atoms with Crippen LogP contribution >= 0.6 is 23.2 Å². The fourth-order valence-electron chi connectivity index (χ4n) is 2.25. The molecule has 1 aromatic carbocycles. The molecule has 3 aromatic rings. The lowest BCUT2D eigenvalue weighted by Crippen LogP contribution is -2.11. The van der Waals surface area contributed by atoms with Crippen molar-refractivity contribution in [2.45, 2.75) is 26.2 Å². The van der Waals surface area contributed by atoms with E-state index in [0.717, 1.165) is 11.3 Å². The van der Waals surface area contributed by atoms with Crippen LogP contribution in [-0.2, 0) is 5.41 Å². The van der Waals surface area contributed by atoms with Gasteiger partial charge in [-0.2, -0.15) is 0 Å². The van der Waals surface area contributed by atoms with Crippen LogP contribution in [0.25, 0.3) is 5.65 Å². The zero-order chi connectivity index (χ0) is 16.6. The highest BCUT2D eigenvalue weighted by Crippen LogP contribution is 2.33. The molecule has 3 rings (SSSR count). The fraction of sp³-hybridized carbons (Fsp3) is 0.235. The first kappa shape index (κ1) is 16.0. The third-order valence-corrected chi connectivity index (χ3v) is 3.79. The number of azo groups is 1. The van der Waals surface area contributed by atoms with Gasteiger partial charge in [-0.1, -0.05) is 50.0 Å². The summed E-state index contributed by atoms with van der Waals surface area (Å²) in [4.78, 5) is 4.68.